The summed E-state index contributed by atoms with van der Waals surface area (Å²) in [6.07, 6.45) is 6.76. The van der Waals surface area contributed by atoms with Crippen LogP contribution in [0.3, 0.4) is 0 Å². The van der Waals surface area contributed by atoms with Crippen molar-refractivity contribution in [1.29, 1.82) is 0 Å². The third-order valence-electron chi connectivity index (χ3n) is 4.30. The minimum absolute atomic E-state index is 0.156. The molecule has 0 radical (unpaired) electrons. The van der Waals surface area contributed by atoms with Gasteiger partial charge in [0.25, 0.3) is 0 Å². The maximum Gasteiger partial charge on any atom is 0.315 e. The van der Waals surface area contributed by atoms with Gasteiger partial charge >= 0.3 is 6.03 Å². The van der Waals surface area contributed by atoms with Crippen molar-refractivity contribution >= 4 is 11.9 Å². The molecule has 1 aromatic carbocycles. The average Bonchev–Trinajstić information content (AvgIpc) is 3.27. The van der Waals surface area contributed by atoms with E-state index in [1.165, 1.54) is 0 Å². The number of hydrogen-bond donors (Lipinski definition) is 2. The summed E-state index contributed by atoms with van der Waals surface area (Å²) in [5.74, 6) is 0.156. The maximum absolute atomic E-state index is 12.3. The summed E-state index contributed by atoms with van der Waals surface area (Å²) < 4.78 is 1.90. The Labute approximate surface area is 147 Å². The van der Waals surface area contributed by atoms with Crippen LogP contribution in [0.5, 0.6) is 0 Å². The summed E-state index contributed by atoms with van der Waals surface area (Å²) in [6, 6.07) is 9.29. The second-order valence-electron chi connectivity index (χ2n) is 6.11. The van der Waals surface area contributed by atoms with Crippen LogP contribution >= 0.6 is 0 Å². The van der Waals surface area contributed by atoms with E-state index in [-0.39, 0.29) is 18.0 Å². The van der Waals surface area contributed by atoms with Crippen molar-refractivity contribution in [1.82, 2.24) is 25.1 Å². The van der Waals surface area contributed by atoms with Crippen LogP contribution in [0.2, 0.25) is 0 Å². The Balaban J connectivity index is 1.56. The molecule has 25 heavy (non-hydrogen) atoms. The summed E-state index contributed by atoms with van der Waals surface area (Å²) in [5, 5.41) is 5.85. The molecule has 0 bridgehead atoms. The number of carbonyl (C=O) groups excluding carboxylic acids is 2. The Hall–Kier alpha value is -2.83. The highest BCUT2D eigenvalue weighted by Gasteiger charge is 2.25. The molecule has 0 unspecified atom stereocenters. The molecule has 0 saturated carbocycles. The number of nitrogens with zero attached hydrogens (tertiary/aromatic N) is 3. The quantitative estimate of drug-likeness (QED) is 0.802. The lowest BCUT2D eigenvalue weighted by Gasteiger charge is -2.25. The fourth-order valence-corrected chi connectivity index (χ4v) is 2.96. The van der Waals surface area contributed by atoms with E-state index in [0.29, 0.717) is 26.1 Å². The smallest absolute Gasteiger partial charge is 0.315 e. The molecule has 2 aromatic rings. The fraction of sp³-hybridized carbons (Fsp3) is 0.389. The summed E-state index contributed by atoms with van der Waals surface area (Å²) >= 11 is 0. The Kier molecular flexibility index (Phi) is 5.66. The van der Waals surface area contributed by atoms with Gasteiger partial charge in [-0.05, 0) is 12.0 Å². The molecule has 0 spiro atoms. The van der Waals surface area contributed by atoms with Crippen LogP contribution in [0.1, 0.15) is 24.4 Å². The number of urea groups is 1. The van der Waals surface area contributed by atoms with Crippen molar-refractivity contribution in [3.63, 3.8) is 0 Å². The standard InChI is InChI=1S/C18H23N5O2/c24-17-7-4-10-23(17)13-16(15-5-2-1-3-6-15)21-18(25)20-9-12-22-11-8-19-14-22/h1-3,5-6,8,11,14,16H,4,7,9-10,12-13H2,(H2,20,21,25)/t16-/m1/s1. The van der Waals surface area contributed by atoms with Crippen LogP contribution in [0, 0.1) is 0 Å². The zero-order valence-electron chi connectivity index (χ0n) is 14.1. The van der Waals surface area contributed by atoms with Gasteiger partial charge in [0.05, 0.1) is 12.4 Å². The monoisotopic (exact) mass is 341 g/mol. The highest BCUT2D eigenvalue weighted by Crippen LogP contribution is 2.18. The topological polar surface area (TPSA) is 79.3 Å². The Morgan fingerprint density at radius 1 is 1.28 bits per heavy atom. The molecular formula is C18H23N5O2. The molecule has 3 rings (SSSR count). The van der Waals surface area contributed by atoms with Crippen molar-refractivity contribution in [3.8, 4) is 0 Å². The van der Waals surface area contributed by atoms with E-state index < -0.39 is 0 Å². The van der Waals surface area contributed by atoms with Crippen molar-refractivity contribution in [3.05, 3.63) is 54.6 Å². The summed E-state index contributed by atoms with van der Waals surface area (Å²) in [4.78, 5) is 30.0. The highest BCUT2D eigenvalue weighted by atomic mass is 16.2. The van der Waals surface area contributed by atoms with Gasteiger partial charge in [-0.3, -0.25) is 4.79 Å². The number of aromatic nitrogens is 2. The van der Waals surface area contributed by atoms with Gasteiger partial charge in [0.15, 0.2) is 0 Å². The summed E-state index contributed by atoms with van der Waals surface area (Å²) in [7, 11) is 0. The molecule has 1 aliphatic heterocycles. The molecule has 1 aromatic heterocycles. The Bertz CT molecular complexity index is 687. The van der Waals surface area contributed by atoms with Crippen LogP contribution in [0.15, 0.2) is 49.1 Å². The van der Waals surface area contributed by atoms with Gasteiger partial charge in [0, 0.05) is 45.0 Å². The zero-order chi connectivity index (χ0) is 17.5. The van der Waals surface area contributed by atoms with E-state index in [9.17, 15) is 9.59 Å². The number of benzene rings is 1. The first-order chi connectivity index (χ1) is 12.2. The number of amides is 3. The van der Waals surface area contributed by atoms with E-state index in [1.54, 1.807) is 12.5 Å². The molecule has 2 N–H and O–H groups in total. The first-order valence-electron chi connectivity index (χ1n) is 8.55. The minimum Gasteiger partial charge on any atom is -0.340 e. The van der Waals surface area contributed by atoms with E-state index in [4.69, 9.17) is 0 Å². The first kappa shape index (κ1) is 17.0. The van der Waals surface area contributed by atoms with Gasteiger partial charge in [0.2, 0.25) is 5.91 Å². The second kappa shape index (κ2) is 8.32. The summed E-state index contributed by atoms with van der Waals surface area (Å²) in [6.45, 7) is 2.42. The van der Waals surface area contributed by atoms with Gasteiger partial charge in [-0.2, -0.15) is 0 Å². The van der Waals surface area contributed by atoms with Crippen molar-refractivity contribution < 1.29 is 9.59 Å². The van der Waals surface area contributed by atoms with Gasteiger partial charge in [-0.1, -0.05) is 30.3 Å². The average molecular weight is 341 g/mol. The van der Waals surface area contributed by atoms with Crippen LogP contribution in [0.25, 0.3) is 0 Å². The van der Waals surface area contributed by atoms with Crippen LogP contribution in [0.4, 0.5) is 4.79 Å². The SMILES string of the molecule is O=C(NCCn1ccnc1)N[C@H](CN1CCCC1=O)c1ccccc1. The molecule has 2 heterocycles. The number of rotatable bonds is 7. The number of nitrogens with one attached hydrogen (secondary N) is 2. The predicted octanol–water partition coefficient (Wildman–Crippen LogP) is 1.55. The van der Waals surface area contributed by atoms with Crippen molar-refractivity contribution in [2.24, 2.45) is 0 Å². The molecule has 1 fully saturated rings. The molecule has 132 valence electrons. The lowest BCUT2D eigenvalue weighted by Crippen LogP contribution is -2.43. The molecule has 1 saturated heterocycles. The van der Waals surface area contributed by atoms with E-state index in [2.05, 4.69) is 15.6 Å². The molecule has 1 aliphatic rings. The lowest BCUT2D eigenvalue weighted by atomic mass is 10.1. The molecular weight excluding hydrogens is 318 g/mol. The number of hydrogen-bond acceptors (Lipinski definition) is 3. The first-order valence-corrected chi connectivity index (χ1v) is 8.55. The number of likely N-dealkylation sites (tertiary alicyclic amines) is 1. The van der Waals surface area contributed by atoms with E-state index >= 15 is 0 Å². The third kappa shape index (κ3) is 4.82. The van der Waals surface area contributed by atoms with Gasteiger partial charge in [0.1, 0.15) is 0 Å². The van der Waals surface area contributed by atoms with Gasteiger partial charge in [-0.15, -0.1) is 0 Å². The van der Waals surface area contributed by atoms with Crippen LogP contribution < -0.4 is 10.6 Å². The van der Waals surface area contributed by atoms with Gasteiger partial charge in [-0.25, -0.2) is 9.78 Å². The normalized spacial score (nSPS) is 15.2. The summed E-state index contributed by atoms with van der Waals surface area (Å²) in [5.41, 5.74) is 0.993. The molecule has 7 nitrogen and oxygen atoms in total. The Morgan fingerprint density at radius 2 is 2.12 bits per heavy atom. The fourth-order valence-electron chi connectivity index (χ4n) is 2.96. The number of imidazole rings is 1. The van der Waals surface area contributed by atoms with Crippen molar-refractivity contribution in [2.75, 3.05) is 19.6 Å². The highest BCUT2D eigenvalue weighted by molar-refractivity contribution is 5.78. The molecule has 0 aliphatic carbocycles. The van der Waals surface area contributed by atoms with Crippen LogP contribution in [-0.4, -0.2) is 46.0 Å². The number of carbonyl (C=O) groups is 2. The molecule has 1 atom stereocenters. The van der Waals surface area contributed by atoms with Crippen molar-refractivity contribution in [2.45, 2.75) is 25.4 Å². The maximum atomic E-state index is 12.3. The molecule has 3 amide bonds. The lowest BCUT2D eigenvalue weighted by molar-refractivity contribution is -0.128. The minimum atomic E-state index is -0.236. The predicted molar refractivity (Wildman–Crippen MR) is 93.8 cm³/mol. The zero-order valence-corrected chi connectivity index (χ0v) is 14.1. The van der Waals surface area contributed by atoms with Gasteiger partial charge < -0.3 is 20.1 Å². The largest absolute Gasteiger partial charge is 0.340 e. The third-order valence-corrected chi connectivity index (χ3v) is 4.30. The van der Waals surface area contributed by atoms with E-state index in [0.717, 1.165) is 18.5 Å². The molecule has 7 heteroatoms. The second-order valence-corrected chi connectivity index (χ2v) is 6.11. The Morgan fingerprint density at radius 3 is 2.80 bits per heavy atom. The van der Waals surface area contributed by atoms with Crippen LogP contribution in [-0.2, 0) is 11.3 Å². The van der Waals surface area contributed by atoms with E-state index in [1.807, 2.05) is 46.0 Å².